The van der Waals surface area contributed by atoms with Crippen LogP contribution in [0, 0.1) is 0 Å². The predicted octanol–water partition coefficient (Wildman–Crippen LogP) is 4.08. The molecule has 4 nitrogen and oxygen atoms in total. The standard InChI is InChI=1S/C16H13N3OS2/c20-16(13-7-4-10-21-13)17-14-8-9-15(19-18-14)22-11-12-5-2-1-3-6-12/h1-10H,11H2,(H,17,18,20). The van der Waals surface area contributed by atoms with E-state index in [0.29, 0.717) is 10.7 Å². The van der Waals surface area contributed by atoms with Crippen LogP contribution in [-0.2, 0) is 5.75 Å². The fourth-order valence-electron chi connectivity index (χ4n) is 1.78. The number of anilines is 1. The number of nitrogens with zero attached hydrogens (tertiary/aromatic N) is 2. The van der Waals surface area contributed by atoms with E-state index >= 15 is 0 Å². The lowest BCUT2D eigenvalue weighted by molar-refractivity contribution is 0.103. The number of nitrogens with one attached hydrogen (secondary N) is 1. The largest absolute Gasteiger partial charge is 0.304 e. The summed E-state index contributed by atoms with van der Waals surface area (Å²) in [5.74, 6) is 1.15. The first-order valence-electron chi connectivity index (χ1n) is 6.66. The van der Waals surface area contributed by atoms with Crippen LogP contribution in [0.4, 0.5) is 5.82 Å². The fourth-order valence-corrected chi connectivity index (χ4v) is 3.17. The highest BCUT2D eigenvalue weighted by atomic mass is 32.2. The summed E-state index contributed by atoms with van der Waals surface area (Å²) in [7, 11) is 0. The molecule has 0 aliphatic carbocycles. The normalized spacial score (nSPS) is 10.4. The highest BCUT2D eigenvalue weighted by molar-refractivity contribution is 7.98. The maximum Gasteiger partial charge on any atom is 0.266 e. The summed E-state index contributed by atoms with van der Waals surface area (Å²) in [6, 6.07) is 17.4. The second-order valence-corrected chi connectivity index (χ2v) is 6.41. The van der Waals surface area contributed by atoms with Gasteiger partial charge in [0.2, 0.25) is 0 Å². The van der Waals surface area contributed by atoms with Crippen molar-refractivity contribution in [3.63, 3.8) is 0 Å². The molecule has 0 radical (unpaired) electrons. The SMILES string of the molecule is O=C(Nc1ccc(SCc2ccccc2)nn1)c1cccs1. The van der Waals surface area contributed by atoms with Crippen LogP contribution in [0.1, 0.15) is 15.2 Å². The molecular formula is C16H13N3OS2. The zero-order chi connectivity index (χ0) is 15.2. The average Bonchev–Trinajstić information content (AvgIpc) is 3.10. The average molecular weight is 327 g/mol. The molecule has 1 aromatic carbocycles. The number of amides is 1. The molecule has 2 aromatic heterocycles. The molecule has 2 heterocycles. The van der Waals surface area contributed by atoms with E-state index in [4.69, 9.17) is 0 Å². The smallest absolute Gasteiger partial charge is 0.266 e. The lowest BCUT2D eigenvalue weighted by Crippen LogP contribution is -2.11. The summed E-state index contributed by atoms with van der Waals surface area (Å²) in [5, 5.41) is 13.6. The van der Waals surface area contributed by atoms with Crippen LogP contribution >= 0.6 is 23.1 Å². The van der Waals surface area contributed by atoms with Gasteiger partial charge in [-0.1, -0.05) is 48.2 Å². The Kier molecular flexibility index (Phi) is 4.82. The van der Waals surface area contributed by atoms with Crippen LogP contribution < -0.4 is 5.32 Å². The number of benzene rings is 1. The minimum Gasteiger partial charge on any atom is -0.304 e. The van der Waals surface area contributed by atoms with Crippen molar-refractivity contribution in [3.8, 4) is 0 Å². The molecule has 6 heteroatoms. The molecule has 0 saturated heterocycles. The number of thiophene rings is 1. The first kappa shape index (κ1) is 14.7. The van der Waals surface area contributed by atoms with Gasteiger partial charge < -0.3 is 5.32 Å². The second kappa shape index (κ2) is 7.20. The molecule has 3 aromatic rings. The third-order valence-corrected chi connectivity index (χ3v) is 4.72. The molecule has 0 spiro atoms. The van der Waals surface area contributed by atoms with Crippen molar-refractivity contribution in [2.24, 2.45) is 0 Å². The third-order valence-electron chi connectivity index (χ3n) is 2.86. The Morgan fingerprint density at radius 1 is 1.05 bits per heavy atom. The molecule has 110 valence electrons. The molecular weight excluding hydrogens is 314 g/mol. The Morgan fingerprint density at radius 3 is 2.59 bits per heavy atom. The number of hydrogen-bond acceptors (Lipinski definition) is 5. The van der Waals surface area contributed by atoms with Gasteiger partial charge in [0.05, 0.1) is 4.88 Å². The van der Waals surface area contributed by atoms with Gasteiger partial charge in [-0.05, 0) is 29.1 Å². The van der Waals surface area contributed by atoms with Crippen molar-refractivity contribution >= 4 is 34.8 Å². The van der Waals surface area contributed by atoms with E-state index < -0.39 is 0 Å². The van der Waals surface area contributed by atoms with Crippen molar-refractivity contribution in [2.75, 3.05) is 5.32 Å². The van der Waals surface area contributed by atoms with Gasteiger partial charge in [0.25, 0.3) is 5.91 Å². The Balaban J connectivity index is 1.57. The first-order valence-corrected chi connectivity index (χ1v) is 8.53. The molecule has 0 atom stereocenters. The molecule has 0 bridgehead atoms. The monoisotopic (exact) mass is 327 g/mol. The fraction of sp³-hybridized carbons (Fsp3) is 0.0625. The van der Waals surface area contributed by atoms with Crippen LogP contribution in [0.25, 0.3) is 0 Å². The first-order chi connectivity index (χ1) is 10.8. The van der Waals surface area contributed by atoms with E-state index in [9.17, 15) is 4.79 Å². The van der Waals surface area contributed by atoms with Gasteiger partial charge in [0.15, 0.2) is 5.82 Å². The van der Waals surface area contributed by atoms with Crippen LogP contribution in [0.5, 0.6) is 0 Å². The molecule has 0 unspecified atom stereocenters. The van der Waals surface area contributed by atoms with Gasteiger partial charge in [-0.3, -0.25) is 4.79 Å². The molecule has 0 saturated carbocycles. The Morgan fingerprint density at radius 2 is 1.91 bits per heavy atom. The van der Waals surface area contributed by atoms with Gasteiger partial charge in [0, 0.05) is 5.75 Å². The highest BCUT2D eigenvalue weighted by Gasteiger charge is 2.08. The minimum atomic E-state index is -0.158. The molecule has 22 heavy (non-hydrogen) atoms. The molecule has 0 aliphatic rings. The summed E-state index contributed by atoms with van der Waals surface area (Å²) in [6.07, 6.45) is 0. The lowest BCUT2D eigenvalue weighted by atomic mass is 10.2. The highest BCUT2D eigenvalue weighted by Crippen LogP contribution is 2.21. The molecule has 0 aliphatic heterocycles. The molecule has 3 rings (SSSR count). The van der Waals surface area contributed by atoms with Crippen LogP contribution in [0.15, 0.2) is 65.0 Å². The van der Waals surface area contributed by atoms with Crippen molar-refractivity contribution in [2.45, 2.75) is 10.8 Å². The summed E-state index contributed by atoms with van der Waals surface area (Å²) in [4.78, 5) is 12.6. The maximum absolute atomic E-state index is 11.9. The summed E-state index contributed by atoms with van der Waals surface area (Å²) >= 11 is 3.01. The van der Waals surface area contributed by atoms with Crippen molar-refractivity contribution in [1.82, 2.24) is 10.2 Å². The number of carbonyl (C=O) groups excluding carboxylic acids is 1. The third kappa shape index (κ3) is 3.93. The van der Waals surface area contributed by atoms with Crippen LogP contribution in [-0.4, -0.2) is 16.1 Å². The van der Waals surface area contributed by atoms with E-state index in [1.165, 1.54) is 16.9 Å². The van der Waals surface area contributed by atoms with Crippen molar-refractivity contribution < 1.29 is 4.79 Å². The van der Waals surface area contributed by atoms with E-state index in [1.54, 1.807) is 23.9 Å². The lowest BCUT2D eigenvalue weighted by Gasteiger charge is -2.03. The molecule has 1 amide bonds. The van der Waals surface area contributed by atoms with Gasteiger partial charge in [-0.2, -0.15) is 0 Å². The molecule has 1 N–H and O–H groups in total. The topological polar surface area (TPSA) is 54.9 Å². The number of carbonyl (C=O) groups is 1. The summed E-state index contributed by atoms with van der Waals surface area (Å²) < 4.78 is 0. The number of thioether (sulfide) groups is 1. The zero-order valence-electron chi connectivity index (χ0n) is 11.6. The Labute approximate surface area is 136 Å². The summed E-state index contributed by atoms with van der Waals surface area (Å²) in [5.41, 5.74) is 1.24. The van der Waals surface area contributed by atoms with Crippen LogP contribution in [0.2, 0.25) is 0 Å². The van der Waals surface area contributed by atoms with Gasteiger partial charge in [0.1, 0.15) is 5.03 Å². The van der Waals surface area contributed by atoms with Crippen molar-refractivity contribution in [3.05, 3.63) is 70.4 Å². The van der Waals surface area contributed by atoms with E-state index in [-0.39, 0.29) is 5.91 Å². The number of rotatable bonds is 5. The zero-order valence-corrected chi connectivity index (χ0v) is 13.2. The van der Waals surface area contributed by atoms with E-state index in [0.717, 1.165) is 10.8 Å². The number of hydrogen-bond donors (Lipinski definition) is 1. The minimum absolute atomic E-state index is 0.158. The summed E-state index contributed by atoms with van der Waals surface area (Å²) in [6.45, 7) is 0. The quantitative estimate of drug-likeness (QED) is 0.717. The van der Waals surface area contributed by atoms with Gasteiger partial charge in [-0.25, -0.2) is 0 Å². The number of aromatic nitrogens is 2. The second-order valence-electron chi connectivity index (χ2n) is 4.46. The maximum atomic E-state index is 11.9. The predicted molar refractivity (Wildman–Crippen MR) is 90.3 cm³/mol. The van der Waals surface area contributed by atoms with E-state index in [1.807, 2.05) is 35.7 Å². The Bertz CT molecular complexity index is 728. The van der Waals surface area contributed by atoms with Gasteiger partial charge in [-0.15, -0.1) is 21.5 Å². The van der Waals surface area contributed by atoms with E-state index in [2.05, 4.69) is 27.6 Å². The van der Waals surface area contributed by atoms with Crippen LogP contribution in [0.3, 0.4) is 0 Å². The van der Waals surface area contributed by atoms with Crippen molar-refractivity contribution in [1.29, 1.82) is 0 Å². The molecule has 0 fully saturated rings. The Hall–Kier alpha value is -2.18. The van der Waals surface area contributed by atoms with Gasteiger partial charge >= 0.3 is 0 Å².